The first-order valence-corrected chi connectivity index (χ1v) is 11.5. The zero-order valence-corrected chi connectivity index (χ0v) is 19.6. The van der Waals surface area contributed by atoms with Gasteiger partial charge in [-0.1, -0.05) is 42.5 Å². The molecule has 0 spiro atoms. The average molecular weight is 470 g/mol. The van der Waals surface area contributed by atoms with Crippen molar-refractivity contribution in [3.63, 3.8) is 0 Å². The molecule has 0 atom stereocenters. The van der Waals surface area contributed by atoms with Crippen molar-refractivity contribution >= 4 is 17.7 Å². The van der Waals surface area contributed by atoms with Crippen LogP contribution in [0.3, 0.4) is 0 Å². The minimum absolute atomic E-state index is 0.0911. The molecule has 1 aliphatic rings. The summed E-state index contributed by atoms with van der Waals surface area (Å²) in [6.07, 6.45) is 1.08. The smallest absolute Gasteiger partial charge is 0.412 e. The highest BCUT2D eigenvalue weighted by Crippen LogP contribution is 2.30. The number of anilines is 1. The summed E-state index contributed by atoms with van der Waals surface area (Å²) in [4.78, 5) is 27.4. The fraction of sp³-hybridized carbons (Fsp3) is 0.250. The van der Waals surface area contributed by atoms with Crippen molar-refractivity contribution in [3.05, 3.63) is 95.1 Å². The number of hydrogen-bond donors (Lipinski definition) is 1. The Morgan fingerprint density at radius 1 is 1.03 bits per heavy atom. The Labute approximate surface area is 204 Å². The van der Waals surface area contributed by atoms with E-state index in [0.717, 1.165) is 18.4 Å². The van der Waals surface area contributed by atoms with Crippen LogP contribution < -0.4 is 10.1 Å². The van der Waals surface area contributed by atoms with Crippen molar-refractivity contribution in [2.45, 2.75) is 25.4 Å². The molecular weight excluding hydrogens is 442 g/mol. The third-order valence-electron chi connectivity index (χ3n) is 6.19. The molecule has 3 aromatic carbocycles. The van der Waals surface area contributed by atoms with Gasteiger partial charge in [-0.15, -0.1) is 0 Å². The van der Waals surface area contributed by atoms with E-state index >= 15 is 0 Å². The van der Waals surface area contributed by atoms with Gasteiger partial charge in [0.15, 0.2) is 0 Å². The van der Waals surface area contributed by atoms with Gasteiger partial charge in [0.05, 0.1) is 24.4 Å². The first-order valence-electron chi connectivity index (χ1n) is 11.5. The minimum Gasteiger partial charge on any atom is -0.495 e. The average Bonchev–Trinajstić information content (AvgIpc) is 2.92. The van der Waals surface area contributed by atoms with Crippen LogP contribution in [0.25, 0.3) is 0 Å². The number of nitrogens with one attached hydrogen (secondary N) is 1. The molecule has 1 N–H and O–H groups in total. The number of methoxy groups -OCH3 is 1. The van der Waals surface area contributed by atoms with Gasteiger partial charge in [-0.05, 0) is 60.2 Å². The van der Waals surface area contributed by atoms with Gasteiger partial charge in [0, 0.05) is 18.7 Å². The Balaban J connectivity index is 1.37. The van der Waals surface area contributed by atoms with E-state index in [2.05, 4.69) is 11.4 Å². The van der Waals surface area contributed by atoms with Gasteiger partial charge in [0.25, 0.3) is 5.91 Å². The molecule has 4 rings (SSSR count). The molecule has 7 nitrogen and oxygen atoms in total. The largest absolute Gasteiger partial charge is 0.495 e. The first-order chi connectivity index (χ1) is 17.1. The zero-order valence-electron chi connectivity index (χ0n) is 19.6. The summed E-state index contributed by atoms with van der Waals surface area (Å²) in [5.41, 5.74) is 3.57. The number of benzene rings is 3. The fourth-order valence-electron chi connectivity index (χ4n) is 4.24. The second kappa shape index (κ2) is 11.2. The SMILES string of the molecule is COc1ccc(C(=O)N2CCC(c3ccc(C#N)cc3)CC2)cc1NC(=O)OCc1ccccc1. The predicted octanol–water partition coefficient (Wildman–Crippen LogP) is 5.34. The van der Waals surface area contributed by atoms with Gasteiger partial charge < -0.3 is 14.4 Å². The van der Waals surface area contributed by atoms with E-state index in [1.165, 1.54) is 12.7 Å². The Kier molecular flexibility index (Phi) is 7.63. The number of rotatable bonds is 6. The molecule has 0 unspecified atom stereocenters. The van der Waals surface area contributed by atoms with E-state index in [1.807, 2.05) is 59.5 Å². The Hall–Kier alpha value is -4.31. The van der Waals surface area contributed by atoms with Crippen molar-refractivity contribution in [1.82, 2.24) is 4.90 Å². The highest BCUT2D eigenvalue weighted by Gasteiger charge is 2.25. The number of nitrogens with zero attached hydrogens (tertiary/aromatic N) is 2. The monoisotopic (exact) mass is 469 g/mol. The van der Waals surface area contributed by atoms with Crippen LogP contribution in [-0.4, -0.2) is 37.1 Å². The van der Waals surface area contributed by atoms with Gasteiger partial charge in [-0.3, -0.25) is 10.1 Å². The van der Waals surface area contributed by atoms with E-state index in [1.54, 1.807) is 18.2 Å². The Bertz CT molecular complexity index is 1210. The number of likely N-dealkylation sites (tertiary alicyclic amines) is 1. The highest BCUT2D eigenvalue weighted by atomic mass is 16.5. The van der Waals surface area contributed by atoms with Crippen LogP contribution in [0.2, 0.25) is 0 Å². The summed E-state index contributed by atoms with van der Waals surface area (Å²) in [5.74, 6) is 0.712. The summed E-state index contributed by atoms with van der Waals surface area (Å²) >= 11 is 0. The Morgan fingerprint density at radius 3 is 2.40 bits per heavy atom. The van der Waals surface area contributed by atoms with E-state index in [-0.39, 0.29) is 12.5 Å². The summed E-state index contributed by atoms with van der Waals surface area (Å²) < 4.78 is 10.7. The Morgan fingerprint density at radius 2 is 1.74 bits per heavy atom. The number of nitriles is 1. The van der Waals surface area contributed by atoms with Gasteiger partial charge >= 0.3 is 6.09 Å². The third kappa shape index (κ3) is 5.98. The summed E-state index contributed by atoms with van der Waals surface area (Å²) in [6, 6.07) is 24.2. The topological polar surface area (TPSA) is 91.7 Å². The van der Waals surface area contributed by atoms with E-state index in [9.17, 15) is 9.59 Å². The van der Waals surface area contributed by atoms with Crippen LogP contribution in [0.15, 0.2) is 72.8 Å². The quantitative estimate of drug-likeness (QED) is 0.526. The summed E-state index contributed by atoms with van der Waals surface area (Å²) in [5, 5.41) is 11.7. The second-order valence-electron chi connectivity index (χ2n) is 8.40. The van der Waals surface area contributed by atoms with Crippen LogP contribution >= 0.6 is 0 Å². The molecule has 3 aromatic rings. The maximum absolute atomic E-state index is 13.2. The van der Waals surface area contributed by atoms with E-state index < -0.39 is 6.09 Å². The molecule has 35 heavy (non-hydrogen) atoms. The molecule has 1 heterocycles. The lowest BCUT2D eigenvalue weighted by Gasteiger charge is -2.32. The molecule has 1 fully saturated rings. The van der Waals surface area contributed by atoms with E-state index in [4.69, 9.17) is 14.7 Å². The molecule has 0 aromatic heterocycles. The van der Waals surface area contributed by atoms with Crippen LogP contribution in [0.4, 0.5) is 10.5 Å². The maximum Gasteiger partial charge on any atom is 0.412 e. The van der Waals surface area contributed by atoms with Gasteiger partial charge in [-0.2, -0.15) is 5.26 Å². The number of hydrogen-bond acceptors (Lipinski definition) is 5. The van der Waals surface area contributed by atoms with Crippen molar-refractivity contribution in [1.29, 1.82) is 5.26 Å². The lowest BCUT2D eigenvalue weighted by atomic mass is 9.89. The molecule has 178 valence electrons. The number of carbonyl (C=O) groups is 2. The zero-order chi connectivity index (χ0) is 24.6. The molecule has 7 heteroatoms. The molecule has 1 aliphatic heterocycles. The van der Waals surface area contributed by atoms with Crippen LogP contribution in [0.1, 0.15) is 45.8 Å². The lowest BCUT2D eigenvalue weighted by Crippen LogP contribution is -2.38. The maximum atomic E-state index is 13.2. The molecule has 0 saturated carbocycles. The number of ether oxygens (including phenoxy) is 2. The molecule has 0 bridgehead atoms. The summed E-state index contributed by atoms with van der Waals surface area (Å²) in [7, 11) is 1.51. The van der Waals surface area contributed by atoms with Crippen LogP contribution in [-0.2, 0) is 11.3 Å². The van der Waals surface area contributed by atoms with Gasteiger partial charge in [-0.25, -0.2) is 4.79 Å². The summed E-state index contributed by atoms with van der Waals surface area (Å²) in [6.45, 7) is 1.41. The van der Waals surface area contributed by atoms with Crippen molar-refractivity contribution in [3.8, 4) is 11.8 Å². The van der Waals surface area contributed by atoms with Crippen molar-refractivity contribution in [2.24, 2.45) is 0 Å². The normalized spacial score (nSPS) is 13.5. The highest BCUT2D eigenvalue weighted by molar-refractivity contribution is 5.97. The van der Waals surface area contributed by atoms with Crippen molar-refractivity contribution < 1.29 is 19.1 Å². The van der Waals surface area contributed by atoms with Gasteiger partial charge in [0.1, 0.15) is 12.4 Å². The fourth-order valence-corrected chi connectivity index (χ4v) is 4.24. The first kappa shape index (κ1) is 23.8. The minimum atomic E-state index is -0.625. The molecular formula is C28H27N3O4. The standard InChI is InChI=1S/C28H27N3O4/c1-34-26-12-11-24(17-25(26)30-28(33)35-19-21-5-3-2-4-6-21)27(32)31-15-13-23(14-16-31)22-9-7-20(18-29)8-10-22/h2-12,17,23H,13-16,19H2,1H3,(H,30,33). The van der Waals surface area contributed by atoms with Gasteiger partial charge in [0.2, 0.25) is 0 Å². The third-order valence-corrected chi connectivity index (χ3v) is 6.19. The molecule has 0 radical (unpaired) electrons. The van der Waals surface area contributed by atoms with Crippen molar-refractivity contribution in [2.75, 3.05) is 25.5 Å². The van der Waals surface area contributed by atoms with Crippen LogP contribution in [0.5, 0.6) is 5.75 Å². The second-order valence-corrected chi connectivity index (χ2v) is 8.40. The lowest BCUT2D eigenvalue weighted by molar-refractivity contribution is 0.0713. The number of carbonyl (C=O) groups excluding carboxylic acids is 2. The predicted molar refractivity (Wildman–Crippen MR) is 132 cm³/mol. The molecule has 0 aliphatic carbocycles. The molecule has 1 saturated heterocycles. The molecule has 2 amide bonds. The number of piperidine rings is 1. The van der Waals surface area contributed by atoms with E-state index in [0.29, 0.717) is 41.6 Å². The number of amides is 2. The van der Waals surface area contributed by atoms with Crippen LogP contribution in [0, 0.1) is 11.3 Å².